The van der Waals surface area contributed by atoms with Crippen molar-refractivity contribution in [2.24, 2.45) is 11.7 Å². The van der Waals surface area contributed by atoms with Gasteiger partial charge in [0.05, 0.1) is 11.7 Å². The second kappa shape index (κ2) is 5.52. The van der Waals surface area contributed by atoms with E-state index in [-0.39, 0.29) is 0 Å². The predicted octanol–water partition coefficient (Wildman–Crippen LogP) is 3.24. The molecular formula is C16H24N4. The quantitative estimate of drug-likeness (QED) is 0.933. The first-order chi connectivity index (χ1) is 9.72. The molecule has 1 fully saturated rings. The molecule has 0 aromatic carbocycles. The molecule has 3 rings (SSSR count). The molecular weight excluding hydrogens is 248 g/mol. The monoisotopic (exact) mass is 272 g/mol. The average molecular weight is 272 g/mol. The molecule has 20 heavy (non-hydrogen) atoms. The first-order valence-electron chi connectivity index (χ1n) is 7.74. The number of nitrogens with zero attached hydrogens (tertiary/aromatic N) is 3. The summed E-state index contributed by atoms with van der Waals surface area (Å²) in [7, 11) is 0. The van der Waals surface area contributed by atoms with Crippen LogP contribution in [0.15, 0.2) is 18.5 Å². The smallest absolute Gasteiger partial charge is 0.113 e. The van der Waals surface area contributed by atoms with Crippen LogP contribution >= 0.6 is 0 Å². The van der Waals surface area contributed by atoms with E-state index in [1.165, 1.54) is 37.0 Å². The van der Waals surface area contributed by atoms with Gasteiger partial charge < -0.3 is 10.3 Å². The first kappa shape index (κ1) is 13.6. The summed E-state index contributed by atoms with van der Waals surface area (Å²) in [5.41, 5.74) is 8.21. The highest BCUT2D eigenvalue weighted by molar-refractivity contribution is 5.75. The van der Waals surface area contributed by atoms with E-state index >= 15 is 0 Å². The summed E-state index contributed by atoms with van der Waals surface area (Å²) in [6, 6.07) is 2.49. The molecule has 0 amide bonds. The van der Waals surface area contributed by atoms with E-state index < -0.39 is 0 Å². The zero-order chi connectivity index (χ0) is 14.1. The second-order valence-electron chi connectivity index (χ2n) is 6.18. The number of aromatic nitrogens is 3. The van der Waals surface area contributed by atoms with Gasteiger partial charge in [0.2, 0.25) is 0 Å². The Morgan fingerprint density at radius 1 is 1.35 bits per heavy atom. The Balaban J connectivity index is 2.12. The van der Waals surface area contributed by atoms with Crippen LogP contribution in [0.3, 0.4) is 0 Å². The van der Waals surface area contributed by atoms with Gasteiger partial charge in [0.15, 0.2) is 0 Å². The molecule has 2 atom stereocenters. The zero-order valence-corrected chi connectivity index (χ0v) is 12.4. The Labute approximate surface area is 120 Å². The fraction of sp³-hybridized carbons (Fsp3) is 0.625. The van der Waals surface area contributed by atoms with Crippen molar-refractivity contribution in [1.29, 1.82) is 0 Å². The topological polar surface area (TPSA) is 56.7 Å². The molecule has 2 unspecified atom stereocenters. The van der Waals surface area contributed by atoms with Crippen LogP contribution in [0.4, 0.5) is 0 Å². The van der Waals surface area contributed by atoms with E-state index in [1.807, 2.05) is 12.4 Å². The summed E-state index contributed by atoms with van der Waals surface area (Å²) in [5, 5.41) is 0. The Kier molecular flexibility index (Phi) is 3.74. The lowest BCUT2D eigenvalue weighted by Crippen LogP contribution is -2.27. The van der Waals surface area contributed by atoms with Crippen molar-refractivity contribution in [3.63, 3.8) is 0 Å². The van der Waals surface area contributed by atoms with Crippen LogP contribution in [-0.2, 0) is 0 Å². The van der Waals surface area contributed by atoms with Crippen molar-refractivity contribution >= 4 is 11.0 Å². The van der Waals surface area contributed by atoms with Crippen LogP contribution in [0.5, 0.6) is 0 Å². The van der Waals surface area contributed by atoms with Crippen molar-refractivity contribution in [3.05, 3.63) is 24.3 Å². The van der Waals surface area contributed by atoms with Crippen LogP contribution in [0.1, 0.15) is 57.3 Å². The highest BCUT2D eigenvalue weighted by atomic mass is 15.1. The minimum atomic E-state index is 0.415. The summed E-state index contributed by atoms with van der Waals surface area (Å²) >= 11 is 0. The van der Waals surface area contributed by atoms with Crippen LogP contribution < -0.4 is 5.73 Å². The number of hydrogen-bond donors (Lipinski definition) is 1. The molecule has 4 nitrogen and oxygen atoms in total. The summed E-state index contributed by atoms with van der Waals surface area (Å²) in [4.78, 5) is 9.11. The molecule has 1 saturated carbocycles. The lowest BCUT2D eigenvalue weighted by molar-refractivity contribution is 0.296. The number of pyridine rings is 1. The third-order valence-corrected chi connectivity index (χ3v) is 4.58. The van der Waals surface area contributed by atoms with Crippen molar-refractivity contribution < 1.29 is 0 Å². The number of fused-ring (bicyclic) bond motifs is 1. The van der Waals surface area contributed by atoms with E-state index in [2.05, 4.69) is 29.5 Å². The van der Waals surface area contributed by atoms with E-state index in [0.29, 0.717) is 17.9 Å². The molecule has 2 N–H and O–H groups in total. The zero-order valence-electron chi connectivity index (χ0n) is 12.4. The summed E-state index contributed by atoms with van der Waals surface area (Å²) in [6.07, 6.45) is 8.78. The van der Waals surface area contributed by atoms with Gasteiger partial charge in [-0.25, -0.2) is 4.98 Å². The fourth-order valence-corrected chi connectivity index (χ4v) is 3.60. The largest absolute Gasteiger partial charge is 0.330 e. The summed E-state index contributed by atoms with van der Waals surface area (Å²) in [5.74, 6) is 2.30. The summed E-state index contributed by atoms with van der Waals surface area (Å²) in [6.45, 7) is 5.22. The summed E-state index contributed by atoms with van der Waals surface area (Å²) < 4.78 is 2.38. The maximum absolute atomic E-state index is 6.00. The molecule has 0 aliphatic heterocycles. The van der Waals surface area contributed by atoms with E-state index in [9.17, 15) is 0 Å². The number of hydrogen-bond acceptors (Lipinski definition) is 3. The van der Waals surface area contributed by atoms with Gasteiger partial charge in [-0.1, -0.05) is 12.8 Å². The standard InChI is InChI=1S/C16H24N4/c1-11(2)20-15-7-8-18-10-14(15)19-16(20)13-6-4-3-5-12(13)9-17/h7-8,10-13H,3-6,9,17H2,1-2H3. The van der Waals surface area contributed by atoms with Crippen molar-refractivity contribution in [1.82, 2.24) is 14.5 Å². The van der Waals surface area contributed by atoms with Gasteiger partial charge >= 0.3 is 0 Å². The Hall–Kier alpha value is -1.42. The molecule has 2 heterocycles. The number of nitrogens with two attached hydrogens (primary N) is 1. The average Bonchev–Trinajstić information content (AvgIpc) is 2.86. The number of rotatable bonds is 3. The molecule has 0 bridgehead atoms. The molecule has 1 aliphatic carbocycles. The third kappa shape index (κ3) is 2.22. The molecule has 0 saturated heterocycles. The van der Waals surface area contributed by atoms with Gasteiger partial charge in [0, 0.05) is 18.2 Å². The van der Waals surface area contributed by atoms with Gasteiger partial charge in [-0.3, -0.25) is 4.98 Å². The maximum Gasteiger partial charge on any atom is 0.113 e. The predicted molar refractivity (Wildman–Crippen MR) is 81.7 cm³/mol. The Morgan fingerprint density at radius 2 is 2.15 bits per heavy atom. The molecule has 108 valence electrons. The molecule has 1 aliphatic rings. The van der Waals surface area contributed by atoms with Crippen LogP contribution in [-0.4, -0.2) is 21.1 Å². The highest BCUT2D eigenvalue weighted by Gasteiger charge is 2.30. The van der Waals surface area contributed by atoms with Crippen molar-refractivity contribution in [2.45, 2.75) is 51.5 Å². The second-order valence-corrected chi connectivity index (χ2v) is 6.18. The molecule has 4 heteroatoms. The molecule has 0 radical (unpaired) electrons. The van der Waals surface area contributed by atoms with Gasteiger partial charge in [-0.15, -0.1) is 0 Å². The first-order valence-corrected chi connectivity index (χ1v) is 7.74. The minimum Gasteiger partial charge on any atom is -0.330 e. The van der Waals surface area contributed by atoms with Crippen LogP contribution in [0.2, 0.25) is 0 Å². The van der Waals surface area contributed by atoms with E-state index in [4.69, 9.17) is 10.7 Å². The minimum absolute atomic E-state index is 0.415. The van der Waals surface area contributed by atoms with Gasteiger partial charge in [0.25, 0.3) is 0 Å². The van der Waals surface area contributed by atoms with Gasteiger partial charge in [-0.05, 0) is 45.2 Å². The molecule has 2 aromatic rings. The molecule has 0 spiro atoms. The van der Waals surface area contributed by atoms with Crippen molar-refractivity contribution in [3.8, 4) is 0 Å². The van der Waals surface area contributed by atoms with Gasteiger partial charge in [0.1, 0.15) is 11.3 Å². The van der Waals surface area contributed by atoms with Gasteiger partial charge in [-0.2, -0.15) is 0 Å². The lowest BCUT2D eigenvalue weighted by Gasteiger charge is -2.31. The fourth-order valence-electron chi connectivity index (χ4n) is 3.60. The van der Waals surface area contributed by atoms with Crippen LogP contribution in [0, 0.1) is 5.92 Å². The third-order valence-electron chi connectivity index (χ3n) is 4.58. The molecule has 2 aromatic heterocycles. The Morgan fingerprint density at radius 3 is 2.90 bits per heavy atom. The van der Waals surface area contributed by atoms with Crippen LogP contribution in [0.25, 0.3) is 11.0 Å². The SMILES string of the molecule is CC(C)n1c(C2CCCCC2CN)nc2cnccc21. The van der Waals surface area contributed by atoms with E-state index in [1.54, 1.807) is 0 Å². The number of imidazole rings is 1. The highest BCUT2D eigenvalue weighted by Crippen LogP contribution is 2.38. The normalized spacial score (nSPS) is 23.6. The Bertz CT molecular complexity index is 587. The maximum atomic E-state index is 6.00. The lowest BCUT2D eigenvalue weighted by atomic mass is 9.78. The van der Waals surface area contributed by atoms with E-state index in [0.717, 1.165) is 12.1 Å². The van der Waals surface area contributed by atoms with Crippen molar-refractivity contribution in [2.75, 3.05) is 6.54 Å².